The number of aromatic nitrogens is 3. The highest BCUT2D eigenvalue weighted by atomic mass is 19.1. The number of oxime groups is 1. The van der Waals surface area contributed by atoms with Gasteiger partial charge in [0.2, 0.25) is 6.79 Å². The van der Waals surface area contributed by atoms with E-state index in [1.165, 1.54) is 38.0 Å². The van der Waals surface area contributed by atoms with Gasteiger partial charge in [-0.1, -0.05) is 50.2 Å². The Morgan fingerprint density at radius 3 is 2.30 bits per heavy atom. The molecule has 5 rings (SSSR count). The summed E-state index contributed by atoms with van der Waals surface area (Å²) in [5.41, 5.74) is -3.58. The molecule has 0 radical (unpaired) electrons. The molecule has 24 heteroatoms. The Balaban J connectivity index is 1.49. The number of nitro benzene ring substituents is 1. The average molecular weight is 1100 g/mol. The van der Waals surface area contributed by atoms with Gasteiger partial charge >= 0.3 is 5.97 Å². The second kappa shape index (κ2) is 28.0. The molecule has 3 aliphatic heterocycles. The summed E-state index contributed by atoms with van der Waals surface area (Å²) in [4.78, 5) is 32.8. The van der Waals surface area contributed by atoms with Crippen LogP contribution in [0.3, 0.4) is 0 Å². The molecule has 4 heterocycles. The molecule has 3 aliphatic rings. The molecule has 0 saturated carbocycles. The molecule has 0 bridgehead atoms. The number of aliphatic hydroxyl groups is 5. The summed E-state index contributed by atoms with van der Waals surface area (Å²) in [7, 11) is 4.84. The van der Waals surface area contributed by atoms with Crippen molar-refractivity contribution >= 4 is 17.4 Å². The predicted molar refractivity (Wildman–Crippen MR) is 277 cm³/mol. The molecule has 23 nitrogen and oxygen atoms in total. The lowest BCUT2D eigenvalue weighted by molar-refractivity contribution is -0.384. The van der Waals surface area contributed by atoms with E-state index in [2.05, 4.69) is 15.5 Å². The van der Waals surface area contributed by atoms with Crippen molar-refractivity contribution in [3.8, 4) is 0 Å². The monoisotopic (exact) mass is 1100 g/mol. The fourth-order valence-corrected chi connectivity index (χ4v) is 11.2. The number of rotatable bonds is 21. The molecule has 5 N–H and O–H groups in total. The van der Waals surface area contributed by atoms with Crippen molar-refractivity contribution in [1.82, 2.24) is 19.9 Å². The number of nitrogens with zero attached hydrogens (tertiary/aromatic N) is 6. The van der Waals surface area contributed by atoms with Crippen LogP contribution in [0.4, 0.5) is 10.1 Å². The number of nitro groups is 1. The molecular weight excluding hydrogens is 1010 g/mol. The number of non-ortho nitro benzene ring substituents is 1. The lowest BCUT2D eigenvalue weighted by Crippen LogP contribution is -2.61. The number of benzene rings is 1. The van der Waals surface area contributed by atoms with Crippen molar-refractivity contribution in [2.24, 2.45) is 28.8 Å². The molecule has 0 aliphatic carbocycles. The largest absolute Gasteiger partial charge is 0.459 e. The third-order valence-corrected chi connectivity index (χ3v) is 15.9. The third-order valence-electron chi connectivity index (χ3n) is 15.9. The van der Waals surface area contributed by atoms with Crippen LogP contribution in [0.1, 0.15) is 112 Å². The highest BCUT2D eigenvalue weighted by molar-refractivity contribution is 5.88. The maximum Gasteiger partial charge on any atom is 0.311 e. The first-order chi connectivity index (χ1) is 36.2. The number of aliphatic hydroxyl groups excluding tert-OH is 3. The van der Waals surface area contributed by atoms with Gasteiger partial charge in [0.1, 0.15) is 30.6 Å². The van der Waals surface area contributed by atoms with Gasteiger partial charge in [-0.2, -0.15) is 0 Å². The SMILES string of the molecule is CC[C@H]1OC(=O)[C@H](C)[C@@H](O[C@H]2C[C@@](C)(OC)[C@@H](O)[C@H](C)O2)[C@H](C)[C@@H](O[C@@H]2O[C@H](C)C[C@H](N(C)CCc3cn([C@H](CF)Cc4ccc([N+](=O)[O-])cc4)nn3)[C@H]2O)[C@](C)(O)C[C@@H](C)/C(=N\OCOCCOC)[C@H](C)[C@@H](O)[C@]1(C)O. The van der Waals surface area contributed by atoms with E-state index in [9.17, 15) is 44.8 Å². The van der Waals surface area contributed by atoms with Crippen LogP contribution in [-0.4, -0.2) is 201 Å². The number of esters is 1. The number of halogens is 1. The molecule has 0 unspecified atom stereocenters. The second-order valence-corrected chi connectivity index (χ2v) is 22.1. The quantitative estimate of drug-likeness (QED) is 0.0387. The summed E-state index contributed by atoms with van der Waals surface area (Å²) in [6, 6.07) is 4.66. The van der Waals surface area contributed by atoms with Gasteiger partial charge in [0, 0.05) is 75.7 Å². The Labute approximate surface area is 451 Å². The smallest absolute Gasteiger partial charge is 0.311 e. The number of likely N-dealkylation sites (N-methyl/N-ethyl adjacent to an activating group) is 1. The van der Waals surface area contributed by atoms with Crippen LogP contribution in [0.5, 0.6) is 0 Å². The highest BCUT2D eigenvalue weighted by Crippen LogP contribution is 2.41. The van der Waals surface area contributed by atoms with Crippen LogP contribution in [0, 0.1) is 33.8 Å². The van der Waals surface area contributed by atoms with Gasteiger partial charge in [0.05, 0.1) is 83.2 Å². The van der Waals surface area contributed by atoms with Crippen molar-refractivity contribution in [3.63, 3.8) is 0 Å². The minimum Gasteiger partial charge on any atom is -0.459 e. The van der Waals surface area contributed by atoms with Crippen molar-refractivity contribution in [3.05, 3.63) is 51.8 Å². The lowest BCUT2D eigenvalue weighted by Gasteiger charge is -2.49. The number of hydrogen-bond donors (Lipinski definition) is 5. The molecular formula is C53H87FN6O17. The molecule has 0 spiro atoms. The third kappa shape index (κ3) is 15.9. The van der Waals surface area contributed by atoms with Crippen LogP contribution < -0.4 is 0 Å². The van der Waals surface area contributed by atoms with E-state index in [-0.39, 0.29) is 50.5 Å². The Hall–Kier alpha value is -3.89. The van der Waals surface area contributed by atoms with E-state index in [1.54, 1.807) is 73.7 Å². The number of carbonyl (C=O) groups is 1. The van der Waals surface area contributed by atoms with Gasteiger partial charge in [-0.15, -0.1) is 5.10 Å². The lowest BCUT2D eigenvalue weighted by atomic mass is 9.73. The maximum atomic E-state index is 14.6. The number of cyclic esters (lactones) is 1. The molecule has 1 aromatic carbocycles. The van der Waals surface area contributed by atoms with Crippen molar-refractivity contribution in [2.75, 3.05) is 54.5 Å². The summed E-state index contributed by atoms with van der Waals surface area (Å²) in [5.74, 6) is -4.53. The Morgan fingerprint density at radius 1 is 0.987 bits per heavy atom. The molecule has 438 valence electrons. The summed E-state index contributed by atoms with van der Waals surface area (Å²) in [6.45, 7) is 16.5. The topological polar surface area (TPSA) is 291 Å². The zero-order valence-electron chi connectivity index (χ0n) is 47.1. The second-order valence-electron chi connectivity index (χ2n) is 22.1. The van der Waals surface area contributed by atoms with Gasteiger partial charge in [0.15, 0.2) is 12.6 Å². The zero-order chi connectivity index (χ0) is 57.2. The van der Waals surface area contributed by atoms with Crippen LogP contribution in [0.15, 0.2) is 35.6 Å². The van der Waals surface area contributed by atoms with Crippen molar-refractivity contribution < 1.29 is 82.4 Å². The zero-order valence-corrected chi connectivity index (χ0v) is 47.1. The van der Waals surface area contributed by atoms with E-state index >= 15 is 0 Å². The van der Waals surface area contributed by atoms with Crippen LogP contribution in [0.25, 0.3) is 0 Å². The number of alkyl halides is 1. The summed E-state index contributed by atoms with van der Waals surface area (Å²) >= 11 is 0. The maximum absolute atomic E-state index is 14.6. The van der Waals surface area contributed by atoms with E-state index in [0.29, 0.717) is 37.3 Å². The molecule has 1 aromatic heterocycles. The average Bonchev–Trinajstić information content (AvgIpc) is 3.87. The number of hydrogen-bond acceptors (Lipinski definition) is 21. The minimum absolute atomic E-state index is 0.0369. The molecule has 3 fully saturated rings. The Bertz CT molecular complexity index is 2190. The normalized spacial score (nSPS) is 37.8. The fourth-order valence-electron chi connectivity index (χ4n) is 11.2. The van der Waals surface area contributed by atoms with E-state index in [1.807, 2.05) is 18.9 Å². The summed E-state index contributed by atoms with van der Waals surface area (Å²) < 4.78 is 64.7. The van der Waals surface area contributed by atoms with Crippen LogP contribution in [0.2, 0.25) is 0 Å². The molecule has 19 atom stereocenters. The molecule has 2 aromatic rings. The molecule has 77 heavy (non-hydrogen) atoms. The first-order valence-corrected chi connectivity index (χ1v) is 26.8. The van der Waals surface area contributed by atoms with Crippen molar-refractivity contribution in [2.45, 2.75) is 198 Å². The predicted octanol–water partition coefficient (Wildman–Crippen LogP) is 4.08. The molecule has 3 saturated heterocycles. The first-order valence-electron chi connectivity index (χ1n) is 26.8. The molecule has 0 amide bonds. The number of methoxy groups -OCH3 is 2. The van der Waals surface area contributed by atoms with Crippen LogP contribution >= 0.6 is 0 Å². The minimum atomic E-state index is -2.03. The van der Waals surface area contributed by atoms with Gasteiger partial charge in [-0.3, -0.25) is 14.9 Å². The first kappa shape index (κ1) is 63.9. The van der Waals surface area contributed by atoms with E-state index in [0.717, 1.165) is 0 Å². The Kier molecular flexibility index (Phi) is 23.3. The van der Waals surface area contributed by atoms with Crippen molar-refractivity contribution in [1.29, 1.82) is 0 Å². The van der Waals surface area contributed by atoms with Gasteiger partial charge in [-0.05, 0) is 79.8 Å². The Morgan fingerprint density at radius 2 is 1.68 bits per heavy atom. The fraction of sp³-hybridized carbons (Fsp3) is 0.811. The summed E-state index contributed by atoms with van der Waals surface area (Å²) in [6.07, 6.45) is -8.63. The standard InChI is InChI=1S/C53H87FN6O17/c1-14-41-53(10,66)46(62)32(4)43(56-72-29-71-22-21-69-12)30(2)25-51(8,65)48(33(5)45(34(6)49(64)75-41)76-42-26-52(9,70-13)47(63)35(7)74-42)77-50-44(61)40(23-31(3)73-50)58(11)20-19-37-28-59(57-55-37)39(27-54)24-36-15-17-38(18-16-36)60(67)68/h15-18,28,30-35,39-42,44-48,50,61-63,65-66H,14,19-27,29H2,1-13H3/b56-43+/t30-,31-,32+,33+,34-,35+,39+,40+,41-,42+,44-,45+,46-,47+,48-,50+,51-,52-,53-/m1/s1. The number of carbonyl (C=O) groups excluding carboxylic acids is 1. The number of ether oxygens (including phenoxy) is 8. The highest BCUT2D eigenvalue weighted by Gasteiger charge is 2.53. The van der Waals surface area contributed by atoms with Gasteiger partial charge < -0.3 is 73.2 Å². The van der Waals surface area contributed by atoms with E-state index in [4.69, 9.17) is 42.7 Å². The van der Waals surface area contributed by atoms with Gasteiger partial charge in [-0.25, -0.2) is 9.07 Å². The van der Waals surface area contributed by atoms with Crippen LogP contribution in [-0.2, 0) is 60.4 Å². The van der Waals surface area contributed by atoms with Gasteiger partial charge in [0.25, 0.3) is 5.69 Å². The summed E-state index contributed by atoms with van der Waals surface area (Å²) in [5, 5.41) is 84.7. The van der Waals surface area contributed by atoms with E-state index < -0.39 is 132 Å².